The first-order chi connectivity index (χ1) is 11.5. The highest BCUT2D eigenvalue weighted by atomic mass is 28.5. The van der Waals surface area contributed by atoms with Gasteiger partial charge in [-0.1, -0.05) is 122 Å². The van der Waals surface area contributed by atoms with Crippen LogP contribution in [0.25, 0.3) is 0 Å². The van der Waals surface area contributed by atoms with Crippen LogP contribution < -0.4 is 20.7 Å². The van der Waals surface area contributed by atoms with Crippen LogP contribution in [0.15, 0.2) is 48.5 Å². The molecule has 0 fully saturated rings. The van der Waals surface area contributed by atoms with Crippen molar-refractivity contribution in [2.45, 2.75) is 56.3 Å². The summed E-state index contributed by atoms with van der Waals surface area (Å²) in [6.07, 6.45) is 0. The van der Waals surface area contributed by atoms with Gasteiger partial charge in [-0.3, -0.25) is 0 Å². The molecule has 132 valence electrons. The molecule has 1 spiro atoms. The van der Waals surface area contributed by atoms with Gasteiger partial charge in [0.15, 0.2) is 0 Å². The number of rotatable bonds is 0. The van der Waals surface area contributed by atoms with E-state index in [0.717, 1.165) is 0 Å². The summed E-state index contributed by atoms with van der Waals surface area (Å²) in [6, 6.07) is 19.3. The molecule has 25 heavy (non-hydrogen) atoms. The predicted molar refractivity (Wildman–Crippen MR) is 124 cm³/mol. The first-order valence-corrected chi connectivity index (χ1v) is 21.7. The van der Waals surface area contributed by atoms with Crippen molar-refractivity contribution in [3.05, 3.63) is 48.5 Å². The average Bonchev–Trinajstić information content (AvgIpc) is 2.78. The molecule has 0 saturated carbocycles. The lowest BCUT2D eigenvalue weighted by Crippen LogP contribution is -2.76. The van der Waals surface area contributed by atoms with Crippen LogP contribution in [0.3, 0.4) is 0 Å². The van der Waals surface area contributed by atoms with Crippen LogP contribution in [0, 0.1) is 0 Å². The highest BCUT2D eigenvalue weighted by Gasteiger charge is 2.79. The van der Waals surface area contributed by atoms with Gasteiger partial charge < -0.3 is 0 Å². The van der Waals surface area contributed by atoms with Gasteiger partial charge in [0.2, 0.25) is 0 Å². The highest BCUT2D eigenvalue weighted by Crippen LogP contribution is 2.63. The zero-order valence-corrected chi connectivity index (χ0v) is 21.1. The highest BCUT2D eigenvalue weighted by molar-refractivity contribution is 7.44. The molecular weight excluding hydrogens is 365 g/mol. The van der Waals surface area contributed by atoms with Crippen molar-refractivity contribution in [3.63, 3.8) is 0 Å². The first-order valence-electron chi connectivity index (χ1n) is 9.65. The zero-order valence-electron chi connectivity index (χ0n) is 17.1. The molecule has 4 rings (SSSR count). The molecular formula is C21H32Si4. The number of benzene rings is 2. The maximum atomic E-state index is 2.74. The van der Waals surface area contributed by atoms with E-state index in [4.69, 9.17) is 0 Å². The molecule has 0 saturated heterocycles. The minimum Gasteiger partial charge on any atom is -0.0656 e. The van der Waals surface area contributed by atoms with Crippen molar-refractivity contribution >= 4 is 53.0 Å². The Hall–Kier alpha value is -0.692. The smallest absolute Gasteiger partial charge is 0.0656 e. The number of hydrogen-bond acceptors (Lipinski definition) is 0. The summed E-state index contributed by atoms with van der Waals surface area (Å²) in [6.45, 7) is 21.9. The fourth-order valence-corrected chi connectivity index (χ4v) is 61.4. The lowest BCUT2D eigenvalue weighted by Gasteiger charge is -2.59. The summed E-state index contributed by atoms with van der Waals surface area (Å²) in [5.74, 6) is 0. The number of hydrogen-bond donors (Lipinski definition) is 0. The third-order valence-electron chi connectivity index (χ3n) is 8.30. The maximum absolute atomic E-state index is 2.74. The van der Waals surface area contributed by atoms with Crippen LogP contribution in [0.4, 0.5) is 0 Å². The summed E-state index contributed by atoms with van der Waals surface area (Å²) in [5, 5.41) is 7.22. The van der Waals surface area contributed by atoms with E-state index in [0.29, 0.717) is 3.91 Å². The van der Waals surface area contributed by atoms with Crippen LogP contribution >= 0.6 is 0 Å². The lowest BCUT2D eigenvalue weighted by atomic mass is 10.4. The lowest BCUT2D eigenvalue weighted by molar-refractivity contribution is 1.26. The van der Waals surface area contributed by atoms with Gasteiger partial charge in [-0.15, -0.1) is 0 Å². The molecule has 0 nitrogen and oxygen atoms in total. The Balaban J connectivity index is 2.19. The van der Waals surface area contributed by atoms with E-state index in [1.807, 2.05) is 0 Å². The standard InChI is InChI=1S/C21H32Si4/c1-22(2)17-13-9-10-14-18(17)23(3,4)21(22)24(5,6)19-15-11-12-16-20(19)25(21,7)8/h9-16H,1-8H3. The number of fused-ring (bicyclic) bond motifs is 2. The fraction of sp³-hybridized carbons (Fsp3) is 0.429. The molecule has 0 radical (unpaired) electrons. The van der Waals surface area contributed by atoms with E-state index in [1.54, 1.807) is 20.7 Å². The van der Waals surface area contributed by atoms with E-state index in [9.17, 15) is 0 Å². The normalized spacial score (nSPS) is 25.6. The van der Waals surface area contributed by atoms with E-state index >= 15 is 0 Å². The molecule has 2 aliphatic heterocycles. The molecule has 0 N–H and O–H groups in total. The summed E-state index contributed by atoms with van der Waals surface area (Å²) < 4.78 is 0.646. The summed E-state index contributed by atoms with van der Waals surface area (Å²) in [5.41, 5.74) is 0. The minimum absolute atomic E-state index is 0.646. The second-order valence-electron chi connectivity index (χ2n) is 10.3. The van der Waals surface area contributed by atoms with E-state index in [-0.39, 0.29) is 0 Å². The monoisotopic (exact) mass is 396 g/mol. The molecule has 0 aliphatic carbocycles. The van der Waals surface area contributed by atoms with Crippen molar-refractivity contribution in [1.82, 2.24) is 0 Å². The SMILES string of the molecule is C[Si]1(C)c2ccccc2[Si](C)(C)C12[Si](C)(C)c1ccccc1[Si]2(C)C. The molecule has 0 atom stereocenters. The van der Waals surface area contributed by atoms with Crippen LogP contribution in [0.5, 0.6) is 0 Å². The fourth-order valence-electron chi connectivity index (χ4n) is 8.64. The van der Waals surface area contributed by atoms with Gasteiger partial charge in [0.1, 0.15) is 0 Å². The Labute approximate surface area is 157 Å². The Kier molecular flexibility index (Phi) is 3.38. The van der Waals surface area contributed by atoms with Gasteiger partial charge in [-0.2, -0.15) is 0 Å². The quantitative estimate of drug-likeness (QED) is 0.598. The van der Waals surface area contributed by atoms with Gasteiger partial charge in [0, 0.05) is 0 Å². The first kappa shape index (κ1) is 17.7. The zero-order chi connectivity index (χ0) is 18.5. The molecule has 0 unspecified atom stereocenters. The predicted octanol–water partition coefficient (Wildman–Crippen LogP) is 3.43. The van der Waals surface area contributed by atoms with Crippen molar-refractivity contribution in [3.8, 4) is 0 Å². The second-order valence-corrected chi connectivity index (χ2v) is 31.5. The summed E-state index contributed by atoms with van der Waals surface area (Å²) >= 11 is 0. The van der Waals surface area contributed by atoms with Gasteiger partial charge in [-0.25, -0.2) is 0 Å². The van der Waals surface area contributed by atoms with Crippen molar-refractivity contribution < 1.29 is 0 Å². The van der Waals surface area contributed by atoms with E-state index in [1.165, 1.54) is 0 Å². The van der Waals surface area contributed by atoms with E-state index < -0.39 is 32.3 Å². The van der Waals surface area contributed by atoms with Crippen LogP contribution in [0.1, 0.15) is 0 Å². The Bertz CT molecular complexity index is 730. The van der Waals surface area contributed by atoms with Crippen molar-refractivity contribution in [2.75, 3.05) is 0 Å². The van der Waals surface area contributed by atoms with Gasteiger partial charge in [0.05, 0.1) is 32.3 Å². The second kappa shape index (κ2) is 4.77. The molecule has 0 bridgehead atoms. The third kappa shape index (κ3) is 1.60. The topological polar surface area (TPSA) is 0 Å². The Morgan fingerprint density at radius 1 is 0.440 bits per heavy atom. The van der Waals surface area contributed by atoms with E-state index in [2.05, 4.69) is 101 Å². The molecule has 4 heteroatoms. The van der Waals surface area contributed by atoms with Crippen LogP contribution in [0.2, 0.25) is 56.3 Å². The van der Waals surface area contributed by atoms with Gasteiger partial charge >= 0.3 is 0 Å². The minimum atomic E-state index is -1.60. The largest absolute Gasteiger partial charge is 0.0798 e. The molecule has 2 aliphatic rings. The molecule has 2 aromatic rings. The van der Waals surface area contributed by atoms with Crippen molar-refractivity contribution in [2.24, 2.45) is 0 Å². The Morgan fingerprint density at radius 3 is 0.840 bits per heavy atom. The molecule has 0 aromatic heterocycles. The van der Waals surface area contributed by atoms with Crippen molar-refractivity contribution in [1.29, 1.82) is 0 Å². The van der Waals surface area contributed by atoms with Gasteiger partial charge in [0.25, 0.3) is 0 Å². The molecule has 0 amide bonds. The van der Waals surface area contributed by atoms with Crippen LogP contribution in [-0.4, -0.2) is 32.3 Å². The van der Waals surface area contributed by atoms with Gasteiger partial charge in [-0.05, 0) is 3.91 Å². The average molecular weight is 397 g/mol. The molecule has 2 aromatic carbocycles. The Morgan fingerprint density at radius 2 is 0.640 bits per heavy atom. The summed E-state index contributed by atoms with van der Waals surface area (Å²) in [7, 11) is -6.39. The maximum Gasteiger partial charge on any atom is 0.0798 e. The third-order valence-corrected chi connectivity index (χ3v) is 45.9. The summed E-state index contributed by atoms with van der Waals surface area (Å²) in [4.78, 5) is 0. The molecule has 2 heterocycles. The van der Waals surface area contributed by atoms with Crippen LogP contribution in [-0.2, 0) is 0 Å².